The molecule has 16 heavy (non-hydrogen) atoms. The first-order valence-corrected chi connectivity index (χ1v) is 5.12. The minimum Gasteiger partial charge on any atom is -0.397 e. The Morgan fingerprint density at radius 1 is 1.44 bits per heavy atom. The Labute approximate surface area is 92.3 Å². The van der Waals surface area contributed by atoms with Crippen LogP contribution in [-0.4, -0.2) is 15.8 Å². The van der Waals surface area contributed by atoms with Gasteiger partial charge in [0.1, 0.15) is 0 Å². The Balaban J connectivity index is 3.41. The Hall–Kier alpha value is -1.28. The first-order chi connectivity index (χ1) is 7.25. The van der Waals surface area contributed by atoms with Crippen molar-refractivity contribution in [2.24, 2.45) is 0 Å². The van der Waals surface area contributed by atoms with Crippen LogP contribution in [0.5, 0.6) is 0 Å². The lowest BCUT2D eigenvalue weighted by Crippen LogP contribution is -2.24. The van der Waals surface area contributed by atoms with Crippen molar-refractivity contribution in [3.63, 3.8) is 0 Å². The molecule has 0 fully saturated rings. The number of hydrogen-bond acceptors (Lipinski definition) is 2. The van der Waals surface area contributed by atoms with E-state index >= 15 is 0 Å². The predicted octanol–water partition coefficient (Wildman–Crippen LogP) is 1.86. The average Bonchev–Trinajstić information content (AvgIpc) is 2.14. The number of benzene rings is 1. The maximum Gasteiger partial charge on any atom is 0.418 e. The second-order valence-electron chi connectivity index (χ2n) is 2.97. The number of nitrogens with two attached hydrogens (primary N) is 1. The van der Waals surface area contributed by atoms with Crippen LogP contribution in [0.1, 0.15) is 5.56 Å². The Kier molecular flexibility index (Phi) is 3.44. The highest BCUT2D eigenvalue weighted by Crippen LogP contribution is 2.39. The molecule has 0 aliphatic carbocycles. The molecule has 1 aromatic rings. The van der Waals surface area contributed by atoms with Gasteiger partial charge >= 0.3 is 6.18 Å². The zero-order valence-electron chi connectivity index (χ0n) is 8.15. The highest BCUT2D eigenvalue weighted by molar-refractivity contribution is 7.80. The minimum atomic E-state index is -4.63. The molecule has 0 saturated carbocycles. The lowest BCUT2D eigenvalue weighted by Gasteiger charge is -2.21. The molecule has 3 N–H and O–H groups in total. The van der Waals surface area contributed by atoms with Gasteiger partial charge in [-0.25, -0.2) is 4.21 Å². The summed E-state index contributed by atoms with van der Waals surface area (Å²) in [6.45, 7) is 0. The predicted molar refractivity (Wildman–Crippen MR) is 55.0 cm³/mol. The van der Waals surface area contributed by atoms with Gasteiger partial charge in [-0.05, 0) is 12.1 Å². The Bertz CT molecular complexity index is 422. The van der Waals surface area contributed by atoms with E-state index in [9.17, 15) is 17.4 Å². The largest absolute Gasteiger partial charge is 0.418 e. The van der Waals surface area contributed by atoms with E-state index in [0.717, 1.165) is 19.2 Å². The van der Waals surface area contributed by atoms with E-state index in [-0.39, 0.29) is 5.69 Å². The van der Waals surface area contributed by atoms with Gasteiger partial charge in [-0.1, -0.05) is 6.07 Å². The number of alkyl halides is 3. The summed E-state index contributed by atoms with van der Waals surface area (Å²) >= 11 is -2.56. The van der Waals surface area contributed by atoms with E-state index in [2.05, 4.69) is 0 Å². The van der Waals surface area contributed by atoms with Crippen molar-refractivity contribution in [3.05, 3.63) is 23.8 Å². The third-order valence-electron chi connectivity index (χ3n) is 1.92. The van der Waals surface area contributed by atoms with Crippen LogP contribution in [0.15, 0.2) is 18.2 Å². The average molecular weight is 254 g/mol. The molecule has 0 saturated heterocycles. The van der Waals surface area contributed by atoms with Gasteiger partial charge in [0.25, 0.3) is 11.3 Å². The third-order valence-corrected chi connectivity index (χ3v) is 2.57. The van der Waals surface area contributed by atoms with Gasteiger partial charge in [0.05, 0.1) is 16.9 Å². The molecule has 1 atom stereocenters. The fourth-order valence-electron chi connectivity index (χ4n) is 1.22. The lowest BCUT2D eigenvalue weighted by atomic mass is 10.1. The fourth-order valence-corrected chi connectivity index (χ4v) is 1.58. The molecule has 1 aromatic carbocycles. The second kappa shape index (κ2) is 4.30. The maximum atomic E-state index is 12.6. The molecule has 90 valence electrons. The minimum absolute atomic E-state index is 0.209. The Morgan fingerprint density at radius 3 is 2.44 bits per heavy atom. The molecule has 1 unspecified atom stereocenters. The first-order valence-electron chi connectivity index (χ1n) is 4.05. The van der Waals surface area contributed by atoms with Gasteiger partial charge in [-0.3, -0.25) is 8.86 Å². The van der Waals surface area contributed by atoms with Crippen molar-refractivity contribution in [2.75, 3.05) is 17.1 Å². The van der Waals surface area contributed by atoms with Crippen LogP contribution < -0.4 is 10.0 Å². The summed E-state index contributed by atoms with van der Waals surface area (Å²) in [5.41, 5.74) is 3.61. The summed E-state index contributed by atoms with van der Waals surface area (Å²) in [4.78, 5) is 0. The van der Waals surface area contributed by atoms with Gasteiger partial charge in [-0.15, -0.1) is 0 Å². The molecule has 0 bridgehead atoms. The van der Waals surface area contributed by atoms with Crippen molar-refractivity contribution in [1.82, 2.24) is 0 Å². The van der Waals surface area contributed by atoms with Crippen LogP contribution in [-0.2, 0) is 17.4 Å². The SMILES string of the molecule is CN(c1c(N)cccc1C(F)(F)F)S(=O)O. The van der Waals surface area contributed by atoms with Crippen LogP contribution in [0.4, 0.5) is 24.5 Å². The molecular weight excluding hydrogens is 245 g/mol. The normalized spacial score (nSPS) is 13.6. The van der Waals surface area contributed by atoms with E-state index in [4.69, 9.17) is 10.3 Å². The molecule has 0 aliphatic rings. The standard InChI is InChI=1S/C8H9F3N2O2S/c1-13(16(14)15)7-5(8(9,10)11)3-2-4-6(7)12/h2-4H,12H2,1H3,(H,14,15). The maximum absolute atomic E-state index is 12.6. The van der Waals surface area contributed by atoms with Crippen molar-refractivity contribution in [2.45, 2.75) is 6.18 Å². The molecule has 1 rings (SSSR count). The van der Waals surface area contributed by atoms with Crippen LogP contribution in [0.2, 0.25) is 0 Å². The summed E-state index contributed by atoms with van der Waals surface area (Å²) in [6.07, 6.45) is -4.63. The zero-order valence-corrected chi connectivity index (χ0v) is 8.97. The van der Waals surface area contributed by atoms with E-state index < -0.39 is 28.7 Å². The van der Waals surface area contributed by atoms with E-state index in [0.29, 0.717) is 4.31 Å². The monoisotopic (exact) mass is 254 g/mol. The molecular formula is C8H9F3N2O2S. The summed E-state index contributed by atoms with van der Waals surface area (Å²) in [5, 5.41) is 0. The number of halogens is 3. The highest BCUT2D eigenvalue weighted by Gasteiger charge is 2.36. The molecule has 0 heterocycles. The van der Waals surface area contributed by atoms with Crippen molar-refractivity contribution >= 4 is 22.6 Å². The lowest BCUT2D eigenvalue weighted by molar-refractivity contribution is -0.137. The third kappa shape index (κ3) is 2.45. The summed E-state index contributed by atoms with van der Waals surface area (Å²) in [6, 6.07) is 3.17. The van der Waals surface area contributed by atoms with Gasteiger partial charge < -0.3 is 5.73 Å². The van der Waals surface area contributed by atoms with Crippen LogP contribution in [0.25, 0.3) is 0 Å². The van der Waals surface area contributed by atoms with E-state index in [1.54, 1.807) is 0 Å². The van der Waals surface area contributed by atoms with Crippen LogP contribution in [0, 0.1) is 0 Å². The molecule has 4 nitrogen and oxygen atoms in total. The molecule has 8 heteroatoms. The molecule has 0 aromatic heterocycles. The topological polar surface area (TPSA) is 66.6 Å². The number of nitrogen functional groups attached to an aromatic ring is 1. The van der Waals surface area contributed by atoms with Crippen molar-refractivity contribution < 1.29 is 21.9 Å². The molecule has 0 spiro atoms. The second-order valence-corrected chi connectivity index (χ2v) is 3.98. The quantitative estimate of drug-likeness (QED) is 0.625. The Morgan fingerprint density at radius 2 is 2.00 bits per heavy atom. The van der Waals surface area contributed by atoms with Gasteiger partial charge in [0.15, 0.2) is 0 Å². The van der Waals surface area contributed by atoms with Crippen molar-refractivity contribution in [3.8, 4) is 0 Å². The molecule has 0 radical (unpaired) electrons. The fraction of sp³-hybridized carbons (Fsp3) is 0.250. The number of anilines is 2. The number of para-hydroxylation sites is 1. The number of hydrogen-bond donors (Lipinski definition) is 2. The van der Waals surface area contributed by atoms with Gasteiger partial charge in [0, 0.05) is 7.05 Å². The highest BCUT2D eigenvalue weighted by atomic mass is 32.2. The van der Waals surface area contributed by atoms with Gasteiger partial charge in [0.2, 0.25) is 0 Å². The van der Waals surface area contributed by atoms with E-state index in [1.807, 2.05) is 0 Å². The summed E-state index contributed by atoms with van der Waals surface area (Å²) in [5.74, 6) is 0. The van der Waals surface area contributed by atoms with Gasteiger partial charge in [-0.2, -0.15) is 13.2 Å². The molecule has 0 amide bonds. The summed E-state index contributed by atoms with van der Waals surface area (Å²) in [7, 11) is 1.05. The zero-order chi connectivity index (χ0) is 12.5. The number of nitrogens with zero attached hydrogens (tertiary/aromatic N) is 1. The van der Waals surface area contributed by atoms with E-state index in [1.165, 1.54) is 6.07 Å². The molecule has 0 aliphatic heterocycles. The summed E-state index contributed by atoms with van der Waals surface area (Å²) < 4.78 is 57.8. The first kappa shape index (κ1) is 12.8. The number of rotatable bonds is 2. The van der Waals surface area contributed by atoms with Crippen molar-refractivity contribution in [1.29, 1.82) is 0 Å². The van der Waals surface area contributed by atoms with Crippen LogP contribution in [0.3, 0.4) is 0 Å². The smallest absolute Gasteiger partial charge is 0.397 e. The van der Waals surface area contributed by atoms with Crippen LogP contribution >= 0.6 is 0 Å².